The van der Waals surface area contributed by atoms with Crippen LogP contribution < -0.4 is 5.73 Å². The molecule has 0 unspecified atom stereocenters. The van der Waals surface area contributed by atoms with Gasteiger partial charge in [-0.15, -0.1) is 0 Å². The number of nitrogens with zero attached hydrogens (tertiary/aromatic N) is 1. The normalized spacial score (nSPS) is 25.1. The Balaban J connectivity index is 2.09. The lowest BCUT2D eigenvalue weighted by Gasteiger charge is -2.47. The van der Waals surface area contributed by atoms with E-state index in [1.807, 2.05) is 0 Å². The molecule has 0 bridgehead atoms. The zero-order chi connectivity index (χ0) is 23.7. The van der Waals surface area contributed by atoms with Crippen LogP contribution in [-0.2, 0) is 16.0 Å². The summed E-state index contributed by atoms with van der Waals surface area (Å²) >= 11 is 0. The number of hydrogen-bond donors (Lipinski definition) is 5. The van der Waals surface area contributed by atoms with Crippen LogP contribution in [0.1, 0.15) is 26.3 Å². The number of hydrogen-bond acceptors (Lipinski definition) is 9. The first kappa shape index (κ1) is 21.5. The molecule has 6 N–H and O–H groups in total. The molecule has 1 amide bonds. The van der Waals surface area contributed by atoms with Crippen molar-refractivity contribution in [2.75, 3.05) is 14.1 Å². The molecule has 2 aromatic rings. The molecule has 0 aromatic heterocycles. The number of nitrogens with two attached hydrogens (primary N) is 1. The lowest BCUT2D eigenvalue weighted by molar-refractivity contribution is -0.132. The van der Waals surface area contributed by atoms with Gasteiger partial charge in [-0.3, -0.25) is 24.1 Å². The molecule has 3 atom stereocenters. The molecule has 0 saturated carbocycles. The molecule has 32 heavy (non-hydrogen) atoms. The molecule has 10 nitrogen and oxygen atoms in total. The predicted molar refractivity (Wildman–Crippen MR) is 110 cm³/mol. The van der Waals surface area contributed by atoms with Crippen LogP contribution in [0.5, 0.6) is 11.5 Å². The van der Waals surface area contributed by atoms with Gasteiger partial charge in [0.25, 0.3) is 5.91 Å². The van der Waals surface area contributed by atoms with Crippen molar-refractivity contribution in [1.29, 1.82) is 0 Å². The van der Waals surface area contributed by atoms with E-state index in [0.29, 0.717) is 6.29 Å². The minimum Gasteiger partial charge on any atom is -0.508 e. The highest BCUT2D eigenvalue weighted by molar-refractivity contribution is 6.25. The van der Waals surface area contributed by atoms with E-state index in [0.717, 1.165) is 0 Å². The number of amides is 1. The smallest absolute Gasteiger partial charge is 0.255 e. The van der Waals surface area contributed by atoms with Crippen molar-refractivity contribution in [2.24, 2.45) is 11.7 Å². The fourth-order valence-corrected chi connectivity index (χ4v) is 4.91. The predicted octanol–water partition coefficient (Wildman–Crippen LogP) is -0.0401. The Morgan fingerprint density at radius 2 is 1.88 bits per heavy atom. The second-order valence-electron chi connectivity index (χ2n) is 8.24. The van der Waals surface area contributed by atoms with Gasteiger partial charge < -0.3 is 26.2 Å². The molecule has 0 aliphatic heterocycles. The number of aldehydes is 1. The van der Waals surface area contributed by atoms with Crippen molar-refractivity contribution in [3.05, 3.63) is 46.2 Å². The molecule has 0 radical (unpaired) electrons. The quantitative estimate of drug-likeness (QED) is 0.323. The van der Waals surface area contributed by atoms with Crippen molar-refractivity contribution in [1.82, 2.24) is 4.90 Å². The molecule has 166 valence electrons. The molecule has 4 rings (SSSR count). The molecule has 2 aliphatic carbocycles. The van der Waals surface area contributed by atoms with E-state index in [1.54, 1.807) is 0 Å². The van der Waals surface area contributed by atoms with Crippen molar-refractivity contribution in [3.8, 4) is 11.5 Å². The van der Waals surface area contributed by atoms with Gasteiger partial charge in [0.1, 0.15) is 22.8 Å². The average molecular weight is 440 g/mol. The van der Waals surface area contributed by atoms with Gasteiger partial charge in [-0.1, -0.05) is 0 Å². The van der Waals surface area contributed by atoms with Crippen LogP contribution in [0.4, 0.5) is 0 Å². The zero-order valence-corrected chi connectivity index (χ0v) is 17.1. The Morgan fingerprint density at radius 3 is 2.44 bits per heavy atom. The van der Waals surface area contributed by atoms with Crippen LogP contribution in [0.3, 0.4) is 0 Å². The summed E-state index contributed by atoms with van der Waals surface area (Å²) < 4.78 is 0. The number of rotatable bonds is 3. The summed E-state index contributed by atoms with van der Waals surface area (Å²) in [6.45, 7) is 0. The van der Waals surface area contributed by atoms with Gasteiger partial charge in [-0.2, -0.15) is 0 Å². The highest BCUT2D eigenvalue weighted by Gasteiger charge is 2.62. The van der Waals surface area contributed by atoms with E-state index in [4.69, 9.17) is 5.73 Å². The van der Waals surface area contributed by atoms with Crippen LogP contribution in [-0.4, -0.2) is 74.8 Å². The number of aliphatic hydroxyl groups excluding tert-OH is 1. The van der Waals surface area contributed by atoms with Crippen LogP contribution in [0.15, 0.2) is 29.5 Å². The van der Waals surface area contributed by atoms with Crippen molar-refractivity contribution >= 4 is 34.5 Å². The summed E-state index contributed by atoms with van der Waals surface area (Å²) in [7, 11) is 3.01. The Hall–Kier alpha value is -3.76. The van der Waals surface area contributed by atoms with Gasteiger partial charge in [0.15, 0.2) is 17.7 Å². The number of primary amides is 1. The summed E-state index contributed by atoms with van der Waals surface area (Å²) in [5.41, 5.74) is 1.61. The minimum atomic E-state index is -2.72. The van der Waals surface area contributed by atoms with Gasteiger partial charge in [-0.05, 0) is 49.7 Å². The number of Topliss-reactive ketones (excluding diaryl/α,β-unsaturated/α-hetero) is 2. The summed E-state index contributed by atoms with van der Waals surface area (Å²) in [4.78, 5) is 51.2. The number of carbonyl (C=O) groups excluding carboxylic acids is 4. The molecule has 0 spiro atoms. The Labute approximate surface area is 181 Å². The number of phenolic OH excluding ortho intramolecular Hbond substituents is 2. The SMILES string of the molecule is CN(C)[C@@H]1C(=O)C(C(N)=O)=C(O)[C@@]2(O)C(=O)c3c(cc4c(C=O)ccc(O)c4c3O)C[C@@H]12. The number of fused-ring (bicyclic) bond motifs is 3. The summed E-state index contributed by atoms with van der Waals surface area (Å²) in [6.07, 6.45) is 0.356. The summed E-state index contributed by atoms with van der Waals surface area (Å²) in [5, 5.41) is 43.2. The number of benzene rings is 2. The molecular weight excluding hydrogens is 420 g/mol. The third-order valence-electron chi connectivity index (χ3n) is 6.34. The van der Waals surface area contributed by atoms with E-state index in [1.165, 1.54) is 37.2 Å². The average Bonchev–Trinajstić information content (AvgIpc) is 2.70. The second kappa shape index (κ2) is 6.87. The fourth-order valence-electron chi connectivity index (χ4n) is 4.91. The van der Waals surface area contributed by atoms with Gasteiger partial charge in [0.2, 0.25) is 5.78 Å². The lowest BCUT2D eigenvalue weighted by atomic mass is 9.62. The molecule has 0 heterocycles. The molecule has 0 fully saturated rings. The van der Waals surface area contributed by atoms with Gasteiger partial charge in [0.05, 0.1) is 17.0 Å². The standard InChI is InChI=1S/C22H20N2O8/c1-24(2)16-11-6-9-5-10-8(7-25)3-4-12(26)14(10)17(27)13(9)19(29)22(11,32)20(30)15(18(16)28)21(23)31/h3-5,7,11,16,26-27,30,32H,6H2,1-2H3,(H2,23,31)/t11-,16-,22-/m0/s1. The van der Waals surface area contributed by atoms with Gasteiger partial charge in [-0.25, -0.2) is 0 Å². The number of aromatic hydroxyl groups is 2. The molecular formula is C22H20N2O8. The Morgan fingerprint density at radius 1 is 1.22 bits per heavy atom. The summed E-state index contributed by atoms with van der Waals surface area (Å²) in [6, 6.07) is 2.75. The molecule has 2 aliphatic rings. The third kappa shape index (κ3) is 2.53. The number of carbonyl (C=O) groups is 4. The van der Waals surface area contributed by atoms with Crippen LogP contribution in [0.25, 0.3) is 10.8 Å². The van der Waals surface area contributed by atoms with Gasteiger partial charge in [0, 0.05) is 11.5 Å². The topological polar surface area (TPSA) is 178 Å². The van der Waals surface area contributed by atoms with E-state index < -0.39 is 63.4 Å². The summed E-state index contributed by atoms with van der Waals surface area (Å²) in [5.74, 6) is -6.80. The maximum absolute atomic E-state index is 13.5. The van der Waals surface area contributed by atoms with Crippen molar-refractivity contribution in [3.63, 3.8) is 0 Å². The second-order valence-corrected chi connectivity index (χ2v) is 8.24. The van der Waals surface area contributed by atoms with E-state index in [-0.39, 0.29) is 28.3 Å². The minimum absolute atomic E-state index is 0.145. The number of phenols is 2. The fraction of sp³-hybridized carbons (Fsp3) is 0.273. The van der Waals surface area contributed by atoms with Crippen LogP contribution >= 0.6 is 0 Å². The first-order valence-corrected chi connectivity index (χ1v) is 9.63. The van der Waals surface area contributed by atoms with Crippen molar-refractivity contribution < 1.29 is 39.6 Å². The number of ketones is 2. The van der Waals surface area contributed by atoms with Gasteiger partial charge >= 0.3 is 0 Å². The monoisotopic (exact) mass is 440 g/mol. The van der Waals surface area contributed by atoms with E-state index in [9.17, 15) is 39.6 Å². The maximum Gasteiger partial charge on any atom is 0.255 e. The number of likely N-dealkylation sites (N-methyl/N-ethyl adjacent to an activating group) is 1. The molecule has 2 aromatic carbocycles. The highest BCUT2D eigenvalue weighted by atomic mass is 16.3. The van der Waals surface area contributed by atoms with Crippen molar-refractivity contribution in [2.45, 2.75) is 18.1 Å². The number of aliphatic hydroxyl groups is 2. The third-order valence-corrected chi connectivity index (χ3v) is 6.34. The van der Waals surface area contributed by atoms with E-state index in [2.05, 4.69) is 0 Å². The largest absolute Gasteiger partial charge is 0.508 e. The van der Waals surface area contributed by atoms with E-state index >= 15 is 0 Å². The highest BCUT2D eigenvalue weighted by Crippen LogP contribution is 2.49. The first-order valence-electron chi connectivity index (χ1n) is 9.63. The molecule has 10 heteroatoms. The van der Waals surface area contributed by atoms with Crippen LogP contribution in [0, 0.1) is 5.92 Å². The first-order chi connectivity index (χ1) is 15.0. The van der Waals surface area contributed by atoms with Crippen LogP contribution in [0.2, 0.25) is 0 Å². The Kier molecular flexibility index (Phi) is 4.61. The maximum atomic E-state index is 13.5. The zero-order valence-electron chi connectivity index (χ0n) is 17.1. The Bertz CT molecular complexity index is 1280. The lowest BCUT2D eigenvalue weighted by Crippen LogP contribution is -2.64. The molecule has 0 saturated heterocycles.